The predicted octanol–water partition coefficient (Wildman–Crippen LogP) is 6.11. The number of benzene rings is 3. The monoisotopic (exact) mass is 447 g/mol. The van der Waals surface area contributed by atoms with Crippen LogP contribution in [0.4, 0.5) is 0 Å². The fraction of sp³-hybridized carbons (Fsp3) is 0.100. The first-order valence-corrected chi connectivity index (χ1v) is 11.1. The summed E-state index contributed by atoms with van der Waals surface area (Å²) < 4.78 is 7.37. The molecule has 4 aromatic rings. The molecule has 0 unspecified atom stereocenters. The Morgan fingerprint density at radius 2 is 1.56 bits per heavy atom. The van der Waals surface area contributed by atoms with Crippen molar-refractivity contribution in [2.24, 2.45) is 0 Å². The molecule has 2 N–H and O–H groups in total. The van der Waals surface area contributed by atoms with Crippen LogP contribution in [0.2, 0.25) is 0 Å². The maximum atomic E-state index is 9.12. The zero-order valence-corrected chi connectivity index (χ0v) is 18.8. The fourth-order valence-corrected chi connectivity index (χ4v) is 3.92. The largest absolute Gasteiger partial charge is 0.480 e. The number of pyridine rings is 1. The Labute approximate surface area is 200 Å². The third-order valence-electron chi connectivity index (χ3n) is 5.50. The smallest absolute Gasteiger partial charge is 0.373 e. The highest BCUT2D eigenvalue weighted by atomic mass is 16.5. The quantitative estimate of drug-likeness (QED) is 0.240. The molecule has 0 aliphatic rings. The highest BCUT2D eigenvalue weighted by Crippen LogP contribution is 2.31. The summed E-state index contributed by atoms with van der Waals surface area (Å²) in [5, 5.41) is 17.5. The summed E-state index contributed by atoms with van der Waals surface area (Å²) in [6.07, 6.45) is 6.08. The van der Waals surface area contributed by atoms with E-state index >= 15 is 0 Å². The molecule has 0 spiro atoms. The second-order valence-corrected chi connectivity index (χ2v) is 8.01. The molecule has 0 aliphatic heterocycles. The number of hydrogen-bond donors (Lipinski definition) is 2. The van der Waals surface area contributed by atoms with Gasteiger partial charge in [-0.15, -0.1) is 0 Å². The van der Waals surface area contributed by atoms with Crippen LogP contribution >= 0.6 is 0 Å². The van der Waals surface area contributed by atoms with Gasteiger partial charge in [0, 0.05) is 18.7 Å². The van der Waals surface area contributed by atoms with Crippen LogP contribution in [0.3, 0.4) is 0 Å². The topological polar surface area (TPSA) is 58.2 Å². The van der Waals surface area contributed by atoms with Crippen LogP contribution in [0.5, 0.6) is 5.75 Å². The average molecular weight is 448 g/mol. The SMILES string of the molecule is [CH+]=C(O)COc1cccc(/C=C/Cn2cc(C(c3ccccc3)c3ccccc3)ccc2=N)c1. The Morgan fingerprint density at radius 1 is 0.882 bits per heavy atom. The molecule has 3 aromatic carbocycles. The van der Waals surface area contributed by atoms with Crippen LogP contribution in [0.25, 0.3) is 6.08 Å². The second-order valence-electron chi connectivity index (χ2n) is 8.01. The molecule has 1 heterocycles. The van der Waals surface area contributed by atoms with Gasteiger partial charge in [0.05, 0.1) is 0 Å². The van der Waals surface area contributed by atoms with Crippen molar-refractivity contribution in [3.05, 3.63) is 149 Å². The maximum absolute atomic E-state index is 9.12. The minimum Gasteiger partial charge on any atom is -0.480 e. The molecule has 0 bridgehead atoms. The van der Waals surface area contributed by atoms with Crippen molar-refractivity contribution in [3.63, 3.8) is 0 Å². The summed E-state index contributed by atoms with van der Waals surface area (Å²) in [6.45, 7) is 5.78. The van der Waals surface area contributed by atoms with Crippen LogP contribution in [0, 0.1) is 12.0 Å². The van der Waals surface area contributed by atoms with E-state index in [0.29, 0.717) is 17.8 Å². The molecule has 0 aliphatic carbocycles. The van der Waals surface area contributed by atoms with E-state index in [4.69, 9.17) is 21.8 Å². The van der Waals surface area contributed by atoms with Gasteiger partial charge in [-0.1, -0.05) is 91.0 Å². The number of rotatable bonds is 9. The number of aliphatic hydroxyl groups is 1. The van der Waals surface area contributed by atoms with Gasteiger partial charge in [0.15, 0.2) is 6.61 Å². The van der Waals surface area contributed by atoms with Gasteiger partial charge in [-0.2, -0.15) is 0 Å². The van der Waals surface area contributed by atoms with E-state index < -0.39 is 0 Å². The molecule has 168 valence electrons. The highest BCUT2D eigenvalue weighted by Gasteiger charge is 2.16. The second kappa shape index (κ2) is 11.0. The van der Waals surface area contributed by atoms with E-state index in [1.54, 1.807) is 0 Å². The van der Waals surface area contributed by atoms with Crippen LogP contribution in [0.1, 0.15) is 28.2 Å². The van der Waals surface area contributed by atoms with E-state index in [2.05, 4.69) is 54.7 Å². The number of allylic oxidation sites excluding steroid dienone is 1. The van der Waals surface area contributed by atoms with Gasteiger partial charge in [0.1, 0.15) is 11.2 Å². The summed E-state index contributed by atoms with van der Waals surface area (Å²) in [6, 6.07) is 32.3. The first-order chi connectivity index (χ1) is 16.6. The zero-order chi connectivity index (χ0) is 23.8. The molecule has 0 saturated heterocycles. The first-order valence-electron chi connectivity index (χ1n) is 11.1. The van der Waals surface area contributed by atoms with Crippen molar-refractivity contribution in [1.82, 2.24) is 4.57 Å². The minimum atomic E-state index is -0.260. The molecular formula is C30H27N2O2+. The summed E-state index contributed by atoms with van der Waals surface area (Å²) in [5.74, 6) is 0.455. The standard InChI is InChI=1S/C30H26N2O2/c1-23(33)22-34-28-16-8-10-24(20-28)11-9-19-32-21-27(17-18-29(32)31)30(25-12-4-2-5-13-25)26-14-6-3-7-15-26/h1-18,20-21,30-31H,19,22H2/p+1/b11-9+,31-29?. The molecule has 0 amide bonds. The van der Waals surface area contributed by atoms with E-state index in [-0.39, 0.29) is 18.3 Å². The Hall–Kier alpha value is -4.40. The van der Waals surface area contributed by atoms with Crippen molar-refractivity contribution in [2.75, 3.05) is 6.61 Å². The number of aliphatic hydroxyl groups excluding tert-OH is 1. The Balaban J connectivity index is 1.58. The third kappa shape index (κ3) is 5.89. The number of nitrogens with zero attached hydrogens (tertiary/aromatic N) is 1. The number of nitrogens with one attached hydrogen (secondary N) is 1. The van der Waals surface area contributed by atoms with E-state index in [0.717, 1.165) is 11.1 Å². The Kier molecular flexibility index (Phi) is 7.34. The van der Waals surface area contributed by atoms with E-state index in [9.17, 15) is 0 Å². The van der Waals surface area contributed by atoms with Crippen molar-refractivity contribution < 1.29 is 9.84 Å². The molecule has 4 rings (SSSR count). The third-order valence-corrected chi connectivity index (χ3v) is 5.50. The normalized spacial score (nSPS) is 11.1. The van der Waals surface area contributed by atoms with Gasteiger partial charge >= 0.3 is 5.76 Å². The van der Waals surface area contributed by atoms with Gasteiger partial charge in [0.25, 0.3) is 6.58 Å². The molecule has 0 atom stereocenters. The molecule has 34 heavy (non-hydrogen) atoms. The van der Waals surface area contributed by atoms with Crippen molar-refractivity contribution in [3.8, 4) is 5.75 Å². The van der Waals surface area contributed by atoms with Crippen LogP contribution in [-0.4, -0.2) is 16.3 Å². The van der Waals surface area contributed by atoms with Crippen molar-refractivity contribution in [1.29, 1.82) is 5.41 Å². The van der Waals surface area contributed by atoms with Gasteiger partial charge < -0.3 is 14.4 Å². The van der Waals surface area contributed by atoms with Crippen LogP contribution in [-0.2, 0) is 6.54 Å². The molecule has 1 aromatic heterocycles. The van der Waals surface area contributed by atoms with Gasteiger partial charge in [-0.3, -0.25) is 5.41 Å². The van der Waals surface area contributed by atoms with Gasteiger partial charge in [0.2, 0.25) is 0 Å². The Bertz CT molecular complexity index is 1290. The molecule has 0 radical (unpaired) electrons. The number of ether oxygens (including phenoxy) is 1. The maximum Gasteiger partial charge on any atom is 0.373 e. The van der Waals surface area contributed by atoms with Crippen LogP contribution in [0.15, 0.2) is 115 Å². The zero-order valence-electron chi connectivity index (χ0n) is 18.8. The minimum absolute atomic E-state index is 0.0397. The number of hydrogen-bond acceptors (Lipinski definition) is 3. The fourth-order valence-electron chi connectivity index (χ4n) is 3.92. The summed E-state index contributed by atoms with van der Waals surface area (Å²) >= 11 is 0. The molecule has 0 fully saturated rings. The summed E-state index contributed by atoms with van der Waals surface area (Å²) in [4.78, 5) is 0. The predicted molar refractivity (Wildman–Crippen MR) is 136 cm³/mol. The Morgan fingerprint density at radius 3 is 2.21 bits per heavy atom. The van der Waals surface area contributed by atoms with E-state index in [1.165, 1.54) is 11.1 Å². The first kappa shape index (κ1) is 22.8. The summed E-state index contributed by atoms with van der Waals surface area (Å²) in [7, 11) is 0. The van der Waals surface area contributed by atoms with E-state index in [1.807, 2.05) is 65.3 Å². The molecular weight excluding hydrogens is 420 g/mol. The highest BCUT2D eigenvalue weighted by molar-refractivity contribution is 5.51. The molecule has 4 heteroatoms. The summed E-state index contributed by atoms with van der Waals surface area (Å²) in [5.41, 5.74) is 4.97. The van der Waals surface area contributed by atoms with Crippen molar-refractivity contribution in [2.45, 2.75) is 12.5 Å². The van der Waals surface area contributed by atoms with Crippen molar-refractivity contribution >= 4 is 6.08 Å². The lowest BCUT2D eigenvalue weighted by Crippen LogP contribution is -2.19. The van der Waals surface area contributed by atoms with Crippen LogP contribution < -0.4 is 10.2 Å². The lowest BCUT2D eigenvalue weighted by molar-refractivity contribution is 0.271. The lowest BCUT2D eigenvalue weighted by atomic mass is 9.86. The average Bonchev–Trinajstić information content (AvgIpc) is 2.86. The molecule has 4 nitrogen and oxygen atoms in total. The van der Waals surface area contributed by atoms with Gasteiger partial charge in [-0.25, -0.2) is 0 Å². The van der Waals surface area contributed by atoms with Gasteiger partial charge in [-0.05, 0) is 40.5 Å². The lowest BCUT2D eigenvalue weighted by Gasteiger charge is -2.20. The number of aromatic nitrogens is 1. The molecule has 0 saturated carbocycles.